The second-order valence-electron chi connectivity index (χ2n) is 2.97. The van der Waals surface area contributed by atoms with Crippen molar-refractivity contribution in [2.75, 3.05) is 6.61 Å². The molecule has 0 aliphatic heterocycles. The highest BCUT2D eigenvalue weighted by Gasteiger charge is 1.72. The van der Waals surface area contributed by atoms with Crippen molar-refractivity contribution >= 4 is 0 Å². The zero-order chi connectivity index (χ0) is 11.9. The van der Waals surface area contributed by atoms with E-state index in [1.54, 1.807) is 6.08 Å². The fourth-order valence-corrected chi connectivity index (χ4v) is 0.922. The van der Waals surface area contributed by atoms with Crippen LogP contribution in [-0.2, 0) is 4.74 Å². The smallest absolute Gasteiger partial charge is 0.105 e. The quantitative estimate of drug-likeness (QED) is 0.387. The zero-order valence-corrected chi connectivity index (χ0v) is 9.72. The van der Waals surface area contributed by atoms with Crippen LogP contribution in [0, 0.1) is 0 Å². The number of ether oxygens (including phenoxy) is 1. The predicted molar refractivity (Wildman–Crippen MR) is 72.1 cm³/mol. The summed E-state index contributed by atoms with van der Waals surface area (Å²) < 4.78 is 4.63. The van der Waals surface area contributed by atoms with E-state index in [9.17, 15) is 0 Å². The third-order valence-electron chi connectivity index (χ3n) is 1.64. The molecule has 0 aromatic heterocycles. The second-order valence-corrected chi connectivity index (χ2v) is 2.97. The Kier molecular flexibility index (Phi) is 11.8. The van der Waals surface area contributed by atoms with Crippen LogP contribution in [0.25, 0.3) is 0 Å². The van der Waals surface area contributed by atoms with Crippen LogP contribution in [0.5, 0.6) is 0 Å². The highest BCUT2D eigenvalue weighted by Crippen LogP contribution is 1.93. The predicted octanol–water partition coefficient (Wildman–Crippen LogP) is 4.34. The van der Waals surface area contributed by atoms with Crippen molar-refractivity contribution in [2.24, 2.45) is 0 Å². The maximum Gasteiger partial charge on any atom is 0.105 e. The van der Waals surface area contributed by atoms with Crippen molar-refractivity contribution in [1.82, 2.24) is 0 Å². The fourth-order valence-electron chi connectivity index (χ4n) is 0.922. The van der Waals surface area contributed by atoms with Gasteiger partial charge in [-0.1, -0.05) is 67.8 Å². The van der Waals surface area contributed by atoms with E-state index >= 15 is 0 Å². The Balaban J connectivity index is 0.000000211. The Bertz CT molecular complexity index is 230. The molecule has 1 nitrogen and oxygen atoms in total. The number of rotatable bonds is 3. The van der Waals surface area contributed by atoms with Crippen molar-refractivity contribution in [3.05, 3.63) is 74.1 Å². The minimum atomic E-state index is 0.559. The lowest BCUT2D eigenvalue weighted by molar-refractivity contribution is 0.291. The summed E-state index contributed by atoms with van der Waals surface area (Å²) in [6.07, 6.45) is 22.1. The van der Waals surface area contributed by atoms with Crippen molar-refractivity contribution in [1.29, 1.82) is 0 Å². The van der Waals surface area contributed by atoms with Crippen LogP contribution in [0.4, 0.5) is 0 Å². The molecule has 0 radical (unpaired) electrons. The Morgan fingerprint density at radius 1 is 0.875 bits per heavy atom. The molecule has 0 heterocycles. The van der Waals surface area contributed by atoms with E-state index in [-0.39, 0.29) is 0 Å². The van der Waals surface area contributed by atoms with Crippen molar-refractivity contribution < 1.29 is 4.74 Å². The summed E-state index contributed by atoms with van der Waals surface area (Å²) in [6.45, 7) is 7.31. The van der Waals surface area contributed by atoms with E-state index in [1.807, 2.05) is 0 Å². The molecule has 0 fully saturated rings. The lowest BCUT2D eigenvalue weighted by Gasteiger charge is -1.86. The first-order valence-electron chi connectivity index (χ1n) is 5.38. The van der Waals surface area contributed by atoms with E-state index in [1.165, 1.54) is 6.26 Å². The minimum Gasteiger partial charge on any atom is -0.498 e. The lowest BCUT2D eigenvalue weighted by atomic mass is 10.5. The van der Waals surface area contributed by atoms with Gasteiger partial charge in [-0.3, -0.25) is 0 Å². The SMILES string of the molecule is C1=CCC=C1.C1=CCC=C1.C=CCOC=C. The third kappa shape index (κ3) is 12.2. The highest BCUT2D eigenvalue weighted by atomic mass is 16.5. The Labute approximate surface area is 98.8 Å². The zero-order valence-electron chi connectivity index (χ0n) is 9.72. The molecule has 0 saturated heterocycles. The van der Waals surface area contributed by atoms with Crippen molar-refractivity contribution in [3.63, 3.8) is 0 Å². The van der Waals surface area contributed by atoms with Gasteiger partial charge in [0, 0.05) is 0 Å². The Hall–Kier alpha value is -1.76. The number of hydrogen-bond acceptors (Lipinski definition) is 1. The van der Waals surface area contributed by atoms with E-state index < -0.39 is 0 Å². The monoisotopic (exact) mass is 216 g/mol. The van der Waals surface area contributed by atoms with Gasteiger partial charge in [-0.15, -0.1) is 0 Å². The van der Waals surface area contributed by atoms with Gasteiger partial charge in [0.1, 0.15) is 6.61 Å². The standard InChI is InChI=1S/C5H8O.2C5H6/c1-3-5-6-4-2;2*1-2-4-5-3-1/h3-4H,1-2,5H2;2*1-4H,5H2. The first-order valence-corrected chi connectivity index (χ1v) is 5.38. The van der Waals surface area contributed by atoms with Gasteiger partial charge >= 0.3 is 0 Å². The normalized spacial score (nSPS) is 13.5. The molecule has 0 N–H and O–H groups in total. The molecule has 2 aliphatic rings. The molecule has 0 saturated carbocycles. The van der Waals surface area contributed by atoms with Gasteiger partial charge in [0.25, 0.3) is 0 Å². The van der Waals surface area contributed by atoms with Crippen molar-refractivity contribution in [3.8, 4) is 0 Å². The average molecular weight is 216 g/mol. The van der Waals surface area contributed by atoms with Gasteiger partial charge in [0.15, 0.2) is 0 Å². The van der Waals surface area contributed by atoms with Gasteiger partial charge in [-0.2, -0.15) is 0 Å². The van der Waals surface area contributed by atoms with Crippen LogP contribution in [0.2, 0.25) is 0 Å². The Morgan fingerprint density at radius 2 is 1.31 bits per heavy atom. The molecule has 0 atom stereocenters. The van der Waals surface area contributed by atoms with Crippen LogP contribution in [0.15, 0.2) is 74.1 Å². The topological polar surface area (TPSA) is 9.23 Å². The average Bonchev–Trinajstić information content (AvgIpc) is 3.00. The lowest BCUT2D eigenvalue weighted by Crippen LogP contribution is -1.75. The molecule has 2 aliphatic carbocycles. The molecule has 2 rings (SSSR count). The van der Waals surface area contributed by atoms with Crippen LogP contribution in [-0.4, -0.2) is 6.61 Å². The number of allylic oxidation sites excluding steroid dienone is 8. The maximum absolute atomic E-state index is 4.63. The molecule has 0 amide bonds. The van der Waals surface area contributed by atoms with Gasteiger partial charge in [-0.05, 0) is 12.8 Å². The maximum atomic E-state index is 4.63. The molecule has 1 heteroatoms. The molecule has 86 valence electrons. The molecular weight excluding hydrogens is 196 g/mol. The third-order valence-corrected chi connectivity index (χ3v) is 1.64. The second kappa shape index (κ2) is 13.2. The van der Waals surface area contributed by atoms with Crippen LogP contribution >= 0.6 is 0 Å². The van der Waals surface area contributed by atoms with Gasteiger partial charge in [-0.25, -0.2) is 0 Å². The first-order chi connectivity index (χ1) is 7.91. The van der Waals surface area contributed by atoms with E-state index in [4.69, 9.17) is 0 Å². The summed E-state index contributed by atoms with van der Waals surface area (Å²) >= 11 is 0. The molecule has 0 aromatic rings. The molecule has 0 bridgehead atoms. The highest BCUT2D eigenvalue weighted by molar-refractivity contribution is 5.12. The van der Waals surface area contributed by atoms with E-state index in [0.717, 1.165) is 12.8 Å². The molecule has 0 spiro atoms. The van der Waals surface area contributed by atoms with Crippen LogP contribution in [0.1, 0.15) is 12.8 Å². The van der Waals surface area contributed by atoms with Gasteiger partial charge < -0.3 is 4.74 Å². The first kappa shape index (κ1) is 14.2. The fraction of sp³-hybridized carbons (Fsp3) is 0.200. The van der Waals surface area contributed by atoms with Crippen LogP contribution in [0.3, 0.4) is 0 Å². The van der Waals surface area contributed by atoms with Crippen molar-refractivity contribution in [2.45, 2.75) is 12.8 Å². The van der Waals surface area contributed by atoms with E-state index in [0.29, 0.717) is 6.61 Å². The summed E-state index contributed by atoms with van der Waals surface area (Å²) in [5.41, 5.74) is 0. The molecule has 0 unspecified atom stereocenters. The van der Waals surface area contributed by atoms with Gasteiger partial charge in [0.2, 0.25) is 0 Å². The van der Waals surface area contributed by atoms with Crippen LogP contribution < -0.4 is 0 Å². The summed E-state index contributed by atoms with van der Waals surface area (Å²) in [7, 11) is 0. The summed E-state index contributed by atoms with van der Waals surface area (Å²) in [6, 6.07) is 0. The van der Waals surface area contributed by atoms with E-state index in [2.05, 4.69) is 66.5 Å². The molecule has 0 aromatic carbocycles. The number of hydrogen-bond donors (Lipinski definition) is 0. The minimum absolute atomic E-state index is 0.559. The molecule has 16 heavy (non-hydrogen) atoms. The summed E-state index contributed by atoms with van der Waals surface area (Å²) in [5, 5.41) is 0. The Morgan fingerprint density at radius 3 is 1.44 bits per heavy atom. The molecular formula is C15H20O. The summed E-state index contributed by atoms with van der Waals surface area (Å²) in [4.78, 5) is 0. The van der Waals surface area contributed by atoms with Gasteiger partial charge in [0.05, 0.1) is 6.26 Å². The summed E-state index contributed by atoms with van der Waals surface area (Å²) in [5.74, 6) is 0. The largest absolute Gasteiger partial charge is 0.498 e.